The lowest BCUT2D eigenvalue weighted by atomic mass is 9.99. The van der Waals surface area contributed by atoms with Gasteiger partial charge in [0.15, 0.2) is 0 Å². The van der Waals surface area contributed by atoms with Crippen molar-refractivity contribution in [2.45, 2.75) is 39.2 Å². The molecule has 0 bridgehead atoms. The van der Waals surface area contributed by atoms with Crippen molar-refractivity contribution in [1.29, 1.82) is 0 Å². The predicted octanol–water partition coefficient (Wildman–Crippen LogP) is 1.98. The molecule has 0 radical (unpaired) electrons. The van der Waals surface area contributed by atoms with Crippen molar-refractivity contribution < 1.29 is 14.8 Å². The van der Waals surface area contributed by atoms with E-state index in [0.717, 1.165) is 31.8 Å². The third-order valence-corrected chi connectivity index (χ3v) is 4.77. The van der Waals surface area contributed by atoms with Crippen LogP contribution in [-0.4, -0.2) is 53.1 Å². The van der Waals surface area contributed by atoms with Gasteiger partial charge < -0.3 is 15.3 Å². The molecule has 7 heteroatoms. The fraction of sp³-hybridized carbons (Fsp3) is 0.611. The summed E-state index contributed by atoms with van der Waals surface area (Å²) in [5.74, 6) is 0.326. The van der Waals surface area contributed by atoms with Crippen molar-refractivity contribution in [3.63, 3.8) is 0 Å². The van der Waals surface area contributed by atoms with Crippen LogP contribution in [0.25, 0.3) is 0 Å². The first-order valence-electron chi connectivity index (χ1n) is 8.86. The normalized spacial score (nSPS) is 17.2. The molecule has 0 aromatic heterocycles. The number of nitro benzene ring substituents is 1. The van der Waals surface area contributed by atoms with Gasteiger partial charge in [-0.2, -0.15) is 0 Å². The van der Waals surface area contributed by atoms with Gasteiger partial charge in [-0.3, -0.25) is 14.9 Å². The molecule has 1 aliphatic rings. The number of aryl methyl sites for hydroxylation is 1. The number of amides is 1. The number of hydrogen-bond acceptors (Lipinski definition) is 5. The Bertz CT molecular complexity index is 612. The molecule has 1 fully saturated rings. The van der Waals surface area contributed by atoms with E-state index in [4.69, 9.17) is 0 Å². The third-order valence-electron chi connectivity index (χ3n) is 4.77. The summed E-state index contributed by atoms with van der Waals surface area (Å²) in [7, 11) is 0. The molecule has 138 valence electrons. The summed E-state index contributed by atoms with van der Waals surface area (Å²) in [6.45, 7) is 6.67. The van der Waals surface area contributed by atoms with Gasteiger partial charge in [-0.25, -0.2) is 0 Å². The summed E-state index contributed by atoms with van der Waals surface area (Å²) < 4.78 is 0. The van der Waals surface area contributed by atoms with Crippen molar-refractivity contribution in [2.75, 3.05) is 26.2 Å². The van der Waals surface area contributed by atoms with Crippen LogP contribution in [0.3, 0.4) is 0 Å². The molecule has 1 heterocycles. The predicted molar refractivity (Wildman–Crippen MR) is 95.7 cm³/mol. The van der Waals surface area contributed by atoms with Crippen LogP contribution >= 0.6 is 0 Å². The molecular formula is C18H27N3O4. The molecule has 2 N–H and O–H groups in total. The van der Waals surface area contributed by atoms with E-state index in [1.807, 2.05) is 6.92 Å². The van der Waals surface area contributed by atoms with E-state index in [-0.39, 0.29) is 17.8 Å². The summed E-state index contributed by atoms with van der Waals surface area (Å²) in [5, 5.41) is 23.9. The number of nitrogens with zero attached hydrogens (tertiary/aromatic N) is 2. The lowest BCUT2D eigenvalue weighted by Crippen LogP contribution is -2.43. The first-order chi connectivity index (χ1) is 11.9. The Balaban J connectivity index is 1.87. The zero-order valence-electron chi connectivity index (χ0n) is 14.9. The number of aliphatic hydroxyl groups excluding tert-OH is 1. The average molecular weight is 349 g/mol. The number of rotatable bonds is 7. The number of benzene rings is 1. The number of hydrogen-bond donors (Lipinski definition) is 2. The Morgan fingerprint density at radius 1 is 1.44 bits per heavy atom. The van der Waals surface area contributed by atoms with Gasteiger partial charge >= 0.3 is 0 Å². The summed E-state index contributed by atoms with van der Waals surface area (Å²) >= 11 is 0. The van der Waals surface area contributed by atoms with Crippen molar-refractivity contribution in [2.24, 2.45) is 5.92 Å². The highest BCUT2D eigenvalue weighted by Gasteiger charge is 2.20. The first kappa shape index (κ1) is 19.3. The van der Waals surface area contributed by atoms with Crippen LogP contribution in [0.1, 0.15) is 42.6 Å². The van der Waals surface area contributed by atoms with Gasteiger partial charge in [-0.05, 0) is 44.3 Å². The van der Waals surface area contributed by atoms with E-state index < -0.39 is 16.9 Å². The number of β-amino-alcohol motifs (C(OH)–C–C–N with tert-alkyl or cyclic N) is 1. The lowest BCUT2D eigenvalue weighted by Gasteiger charge is -2.31. The maximum absolute atomic E-state index is 12.2. The van der Waals surface area contributed by atoms with Gasteiger partial charge in [0.2, 0.25) is 0 Å². The number of carbonyl (C=O) groups is 1. The number of carbonyl (C=O) groups excluding carboxylic acids is 1. The van der Waals surface area contributed by atoms with Gasteiger partial charge in [0.05, 0.1) is 11.0 Å². The van der Waals surface area contributed by atoms with Crippen molar-refractivity contribution >= 4 is 11.6 Å². The summed E-state index contributed by atoms with van der Waals surface area (Å²) in [6, 6.07) is 4.49. The monoisotopic (exact) mass is 349 g/mol. The number of nitrogens with one attached hydrogen (secondary N) is 1. The van der Waals surface area contributed by atoms with E-state index in [1.165, 1.54) is 6.07 Å². The standard InChI is InChI=1S/C18H27N3O4/c1-3-14-4-5-15(10-17(14)21(24)25)18(23)19-11-16(22)12-20-8-6-13(2)7-9-20/h4-5,10,13,16,22H,3,6-9,11-12H2,1-2H3,(H,19,23). The van der Waals surface area contributed by atoms with Crippen LogP contribution in [0, 0.1) is 16.0 Å². The zero-order valence-corrected chi connectivity index (χ0v) is 14.9. The topological polar surface area (TPSA) is 95.7 Å². The van der Waals surface area contributed by atoms with Crippen LogP contribution in [0.2, 0.25) is 0 Å². The SMILES string of the molecule is CCc1ccc(C(=O)NCC(O)CN2CCC(C)CC2)cc1[N+](=O)[O-]. The van der Waals surface area contributed by atoms with E-state index in [9.17, 15) is 20.0 Å². The van der Waals surface area contributed by atoms with Crippen molar-refractivity contribution in [3.8, 4) is 0 Å². The summed E-state index contributed by atoms with van der Waals surface area (Å²) in [5.41, 5.74) is 0.793. The molecule has 0 aliphatic carbocycles. The van der Waals surface area contributed by atoms with Crippen molar-refractivity contribution in [1.82, 2.24) is 10.2 Å². The minimum atomic E-state index is -0.651. The summed E-state index contributed by atoms with van der Waals surface area (Å²) in [6.07, 6.45) is 2.15. The highest BCUT2D eigenvalue weighted by molar-refractivity contribution is 5.95. The Labute approximate surface area is 148 Å². The number of aliphatic hydroxyl groups is 1. The van der Waals surface area contributed by atoms with E-state index >= 15 is 0 Å². The van der Waals surface area contributed by atoms with Crippen LogP contribution in [0.5, 0.6) is 0 Å². The van der Waals surface area contributed by atoms with E-state index in [0.29, 0.717) is 18.5 Å². The molecule has 25 heavy (non-hydrogen) atoms. The van der Waals surface area contributed by atoms with Gasteiger partial charge in [-0.15, -0.1) is 0 Å². The molecule has 1 amide bonds. The number of likely N-dealkylation sites (tertiary alicyclic amines) is 1. The van der Waals surface area contributed by atoms with Gasteiger partial charge in [0.1, 0.15) is 0 Å². The Hall–Kier alpha value is -1.99. The second kappa shape index (κ2) is 8.92. The highest BCUT2D eigenvalue weighted by atomic mass is 16.6. The van der Waals surface area contributed by atoms with Gasteiger partial charge in [0.25, 0.3) is 11.6 Å². The molecular weight excluding hydrogens is 322 g/mol. The van der Waals surface area contributed by atoms with Crippen molar-refractivity contribution in [3.05, 3.63) is 39.4 Å². The van der Waals surface area contributed by atoms with E-state index in [1.54, 1.807) is 12.1 Å². The number of piperidine rings is 1. The Kier molecular flexibility index (Phi) is 6.90. The Morgan fingerprint density at radius 3 is 2.72 bits per heavy atom. The molecule has 1 unspecified atom stereocenters. The molecule has 1 aromatic carbocycles. The molecule has 1 aliphatic heterocycles. The minimum absolute atomic E-state index is 0.0434. The maximum atomic E-state index is 12.2. The minimum Gasteiger partial charge on any atom is -0.390 e. The fourth-order valence-corrected chi connectivity index (χ4v) is 3.09. The molecule has 2 rings (SSSR count). The molecule has 0 spiro atoms. The largest absolute Gasteiger partial charge is 0.390 e. The molecule has 1 aromatic rings. The quantitative estimate of drug-likeness (QED) is 0.580. The van der Waals surface area contributed by atoms with E-state index in [2.05, 4.69) is 17.1 Å². The molecule has 1 saturated heterocycles. The average Bonchev–Trinajstić information content (AvgIpc) is 2.61. The second-order valence-electron chi connectivity index (χ2n) is 6.80. The van der Waals surface area contributed by atoms with Crippen LogP contribution in [0.4, 0.5) is 5.69 Å². The van der Waals surface area contributed by atoms with Crippen LogP contribution in [0.15, 0.2) is 18.2 Å². The first-order valence-corrected chi connectivity index (χ1v) is 8.86. The smallest absolute Gasteiger partial charge is 0.273 e. The zero-order chi connectivity index (χ0) is 18.4. The van der Waals surface area contributed by atoms with Crippen LogP contribution < -0.4 is 5.32 Å². The third kappa shape index (κ3) is 5.51. The summed E-state index contributed by atoms with van der Waals surface area (Å²) in [4.78, 5) is 25.0. The second-order valence-corrected chi connectivity index (χ2v) is 6.80. The van der Waals surface area contributed by atoms with Gasteiger partial charge in [0, 0.05) is 30.3 Å². The molecule has 7 nitrogen and oxygen atoms in total. The van der Waals surface area contributed by atoms with Crippen LogP contribution in [-0.2, 0) is 6.42 Å². The molecule has 0 saturated carbocycles. The lowest BCUT2D eigenvalue weighted by molar-refractivity contribution is -0.385. The Morgan fingerprint density at radius 2 is 2.12 bits per heavy atom. The molecule has 1 atom stereocenters. The maximum Gasteiger partial charge on any atom is 0.273 e. The highest BCUT2D eigenvalue weighted by Crippen LogP contribution is 2.21. The fourth-order valence-electron chi connectivity index (χ4n) is 3.09. The van der Waals surface area contributed by atoms with Gasteiger partial charge in [-0.1, -0.05) is 19.9 Å². The number of nitro groups is 1.